The third kappa shape index (κ3) is 3.65. The van der Waals surface area contributed by atoms with Gasteiger partial charge in [0.15, 0.2) is 0 Å². The van der Waals surface area contributed by atoms with Crippen molar-refractivity contribution >= 4 is 11.9 Å². The predicted octanol–water partition coefficient (Wildman–Crippen LogP) is 3.32. The minimum Gasteiger partial charge on any atom is -0.508 e. The van der Waals surface area contributed by atoms with E-state index in [9.17, 15) is 14.7 Å². The van der Waals surface area contributed by atoms with E-state index in [0.717, 1.165) is 22.3 Å². The van der Waals surface area contributed by atoms with Gasteiger partial charge in [0.25, 0.3) is 0 Å². The van der Waals surface area contributed by atoms with Gasteiger partial charge in [0, 0.05) is 5.92 Å². The number of benzene rings is 3. The quantitative estimate of drug-likeness (QED) is 0.545. The second-order valence-corrected chi connectivity index (χ2v) is 7.32. The highest BCUT2D eigenvalue weighted by atomic mass is 16.5. The number of rotatable bonds is 6. The fraction of sp³-hybridized carbons (Fsp3) is 0.167. The third-order valence-electron chi connectivity index (χ3n) is 5.41. The molecule has 6 nitrogen and oxygen atoms in total. The summed E-state index contributed by atoms with van der Waals surface area (Å²) in [5, 5.41) is 18.9. The largest absolute Gasteiger partial charge is 0.508 e. The number of esters is 1. The van der Waals surface area contributed by atoms with Crippen molar-refractivity contribution < 1.29 is 24.5 Å². The number of carboxylic acid groups (broad SMARTS) is 1. The highest BCUT2D eigenvalue weighted by molar-refractivity contribution is 5.92. The average Bonchev–Trinajstić information content (AvgIpc) is 3.07. The van der Waals surface area contributed by atoms with Gasteiger partial charge in [-0.2, -0.15) is 0 Å². The fourth-order valence-corrected chi connectivity index (χ4v) is 3.93. The molecule has 0 spiro atoms. The van der Waals surface area contributed by atoms with Gasteiger partial charge in [-0.3, -0.25) is 4.79 Å². The van der Waals surface area contributed by atoms with E-state index in [0.29, 0.717) is 5.56 Å². The minimum atomic E-state index is -1.17. The van der Waals surface area contributed by atoms with E-state index in [1.54, 1.807) is 0 Å². The Kier molecular flexibility index (Phi) is 5.25. The van der Waals surface area contributed by atoms with E-state index in [-0.39, 0.29) is 30.3 Å². The second kappa shape index (κ2) is 8.00. The molecule has 0 aromatic heterocycles. The molecule has 1 aliphatic carbocycles. The van der Waals surface area contributed by atoms with E-state index < -0.39 is 18.0 Å². The van der Waals surface area contributed by atoms with Crippen molar-refractivity contribution in [2.24, 2.45) is 5.73 Å². The van der Waals surface area contributed by atoms with Gasteiger partial charge in [-0.05, 0) is 46.4 Å². The Bertz CT molecular complexity index is 1080. The Morgan fingerprint density at radius 2 is 1.57 bits per heavy atom. The van der Waals surface area contributed by atoms with Crippen LogP contribution in [0.1, 0.15) is 33.0 Å². The number of carboxylic acids is 1. The van der Waals surface area contributed by atoms with Gasteiger partial charge in [-0.15, -0.1) is 0 Å². The molecule has 3 aromatic carbocycles. The zero-order valence-corrected chi connectivity index (χ0v) is 16.1. The zero-order chi connectivity index (χ0) is 21.3. The third-order valence-corrected chi connectivity index (χ3v) is 5.41. The molecule has 4 rings (SSSR count). The molecule has 152 valence electrons. The van der Waals surface area contributed by atoms with Gasteiger partial charge in [0.2, 0.25) is 0 Å². The average molecular weight is 403 g/mol. The van der Waals surface area contributed by atoms with Crippen molar-refractivity contribution in [3.05, 3.63) is 89.0 Å². The molecule has 0 heterocycles. The van der Waals surface area contributed by atoms with Crippen LogP contribution in [0.3, 0.4) is 0 Å². The Morgan fingerprint density at radius 3 is 2.17 bits per heavy atom. The van der Waals surface area contributed by atoms with Crippen molar-refractivity contribution in [3.63, 3.8) is 0 Å². The first kappa shape index (κ1) is 19.7. The Hall–Kier alpha value is -3.64. The second-order valence-electron chi connectivity index (χ2n) is 7.32. The zero-order valence-electron chi connectivity index (χ0n) is 16.1. The standard InChI is InChI=1S/C24H21NO5/c25-22(23(27)28)11-14-9-10-15(26)12-20(14)24(29)30-13-21-18-7-3-1-5-16(18)17-6-2-4-8-19(17)21/h1-10,12,21-22,26H,11,13,25H2,(H,27,28). The van der Waals surface area contributed by atoms with Crippen LogP contribution in [-0.2, 0) is 16.0 Å². The molecule has 1 aliphatic rings. The molecule has 0 fully saturated rings. The number of hydrogen-bond donors (Lipinski definition) is 3. The number of aliphatic carboxylic acids is 1. The molecule has 1 atom stereocenters. The van der Waals surface area contributed by atoms with Crippen molar-refractivity contribution in [3.8, 4) is 16.9 Å². The van der Waals surface area contributed by atoms with Crippen molar-refractivity contribution in [1.82, 2.24) is 0 Å². The monoisotopic (exact) mass is 403 g/mol. The molecule has 4 N–H and O–H groups in total. The number of carbonyl (C=O) groups is 2. The van der Waals surface area contributed by atoms with Gasteiger partial charge in [-0.1, -0.05) is 54.6 Å². The van der Waals surface area contributed by atoms with Gasteiger partial charge in [-0.25, -0.2) is 4.79 Å². The Balaban J connectivity index is 1.57. The van der Waals surface area contributed by atoms with Crippen LogP contribution in [0.15, 0.2) is 66.7 Å². The number of aromatic hydroxyl groups is 1. The van der Waals surface area contributed by atoms with Crippen LogP contribution in [0.5, 0.6) is 5.75 Å². The molecule has 6 heteroatoms. The van der Waals surface area contributed by atoms with E-state index in [2.05, 4.69) is 12.1 Å². The van der Waals surface area contributed by atoms with E-state index in [1.165, 1.54) is 18.2 Å². The van der Waals surface area contributed by atoms with Crippen LogP contribution in [0.25, 0.3) is 11.1 Å². The number of fused-ring (bicyclic) bond motifs is 3. The lowest BCUT2D eigenvalue weighted by Crippen LogP contribution is -2.32. The maximum Gasteiger partial charge on any atom is 0.338 e. The summed E-state index contributed by atoms with van der Waals surface area (Å²) >= 11 is 0. The summed E-state index contributed by atoms with van der Waals surface area (Å²) in [5.74, 6) is -1.99. The SMILES string of the molecule is NC(Cc1ccc(O)cc1C(=O)OCC1c2ccccc2-c2ccccc21)C(=O)O. The molecule has 3 aromatic rings. The molecule has 0 amide bonds. The van der Waals surface area contributed by atoms with E-state index in [1.807, 2.05) is 36.4 Å². The minimum absolute atomic E-state index is 0.0465. The first-order valence-corrected chi connectivity index (χ1v) is 9.61. The normalized spacial score (nSPS) is 13.4. The number of hydrogen-bond acceptors (Lipinski definition) is 5. The van der Waals surface area contributed by atoms with Gasteiger partial charge in [0.05, 0.1) is 5.56 Å². The topological polar surface area (TPSA) is 110 Å². The summed E-state index contributed by atoms with van der Waals surface area (Å²) in [5.41, 5.74) is 10.6. The summed E-state index contributed by atoms with van der Waals surface area (Å²) in [6.07, 6.45) is -0.0465. The van der Waals surface area contributed by atoms with Crippen LogP contribution < -0.4 is 5.73 Å². The number of phenols is 1. The van der Waals surface area contributed by atoms with Crippen LogP contribution in [-0.4, -0.2) is 34.8 Å². The highest BCUT2D eigenvalue weighted by Crippen LogP contribution is 2.44. The smallest absolute Gasteiger partial charge is 0.338 e. The molecule has 0 radical (unpaired) electrons. The molecule has 0 saturated carbocycles. The summed E-state index contributed by atoms with van der Waals surface area (Å²) < 4.78 is 5.63. The van der Waals surface area contributed by atoms with E-state index >= 15 is 0 Å². The van der Waals surface area contributed by atoms with Crippen LogP contribution >= 0.6 is 0 Å². The Morgan fingerprint density at radius 1 is 0.967 bits per heavy atom. The van der Waals surface area contributed by atoms with Crippen LogP contribution in [0.2, 0.25) is 0 Å². The highest BCUT2D eigenvalue weighted by Gasteiger charge is 2.29. The van der Waals surface area contributed by atoms with Crippen molar-refractivity contribution in [2.45, 2.75) is 18.4 Å². The summed E-state index contributed by atoms with van der Waals surface area (Å²) in [6, 6.07) is 19.0. The summed E-state index contributed by atoms with van der Waals surface area (Å²) in [7, 11) is 0. The van der Waals surface area contributed by atoms with E-state index in [4.69, 9.17) is 15.6 Å². The van der Waals surface area contributed by atoms with Crippen LogP contribution in [0.4, 0.5) is 0 Å². The maximum absolute atomic E-state index is 12.8. The molecule has 0 saturated heterocycles. The summed E-state index contributed by atoms with van der Waals surface area (Å²) in [6.45, 7) is 0.132. The molecule has 1 unspecified atom stereocenters. The van der Waals surface area contributed by atoms with Gasteiger partial charge < -0.3 is 20.7 Å². The lowest BCUT2D eigenvalue weighted by Gasteiger charge is -2.16. The van der Waals surface area contributed by atoms with Crippen molar-refractivity contribution in [2.75, 3.05) is 6.61 Å². The van der Waals surface area contributed by atoms with Gasteiger partial charge >= 0.3 is 11.9 Å². The maximum atomic E-state index is 12.8. The molecular weight excluding hydrogens is 382 g/mol. The van der Waals surface area contributed by atoms with Gasteiger partial charge in [0.1, 0.15) is 18.4 Å². The molecule has 0 aliphatic heterocycles. The number of phenolic OH excluding ortho intramolecular Hbond substituents is 1. The first-order chi connectivity index (χ1) is 14.5. The van der Waals surface area contributed by atoms with Crippen LogP contribution in [0, 0.1) is 0 Å². The molecule has 0 bridgehead atoms. The molecular formula is C24H21NO5. The number of nitrogens with two attached hydrogens (primary N) is 1. The predicted molar refractivity (Wildman–Crippen MR) is 111 cm³/mol. The first-order valence-electron chi connectivity index (χ1n) is 9.61. The fourth-order valence-electron chi connectivity index (χ4n) is 3.93. The summed E-state index contributed by atoms with van der Waals surface area (Å²) in [4.78, 5) is 23.9. The molecule has 30 heavy (non-hydrogen) atoms. The lowest BCUT2D eigenvalue weighted by molar-refractivity contribution is -0.138. The number of carbonyl (C=O) groups excluding carboxylic acids is 1. The lowest BCUT2D eigenvalue weighted by atomic mass is 9.97. The Labute approximate surface area is 173 Å². The number of ether oxygens (including phenoxy) is 1. The van der Waals surface area contributed by atoms with Crippen molar-refractivity contribution in [1.29, 1.82) is 0 Å².